The topological polar surface area (TPSA) is 142 Å². The van der Waals surface area contributed by atoms with Crippen LogP contribution in [0.2, 0.25) is 0 Å². The van der Waals surface area contributed by atoms with Crippen molar-refractivity contribution in [2.24, 2.45) is 5.41 Å². The number of thiol groups is 1. The number of anilines is 2. The van der Waals surface area contributed by atoms with Crippen molar-refractivity contribution in [1.82, 2.24) is 10.6 Å². The fourth-order valence-corrected chi connectivity index (χ4v) is 7.47. The molecule has 4 rings (SSSR count). The SMILES string of the molecule is CCCCC1(CCCC)C(=O)[SH]c2cc(OCC(=O)N[C@@H](C(=O)N[C@@H](C)C(=O)O)c3ccccc3)c(SC)cc2N(c2ccccc2)C1=O. The van der Waals surface area contributed by atoms with Crippen molar-refractivity contribution < 1.29 is 33.8 Å². The van der Waals surface area contributed by atoms with Crippen LogP contribution in [-0.4, -0.2) is 52.8 Å². The summed E-state index contributed by atoms with van der Waals surface area (Å²) in [5, 5.41) is 14.2. The molecule has 1 heterocycles. The van der Waals surface area contributed by atoms with Gasteiger partial charge in [0.05, 0.1) is 10.6 Å². The Labute approximate surface area is 295 Å². The molecule has 3 N–H and O–H groups in total. The van der Waals surface area contributed by atoms with Crippen LogP contribution in [0.5, 0.6) is 5.75 Å². The molecular formula is C37H44N3O7S2. The third kappa shape index (κ3) is 8.85. The first kappa shape index (κ1) is 37.5. The number of aliphatic carboxylic acids is 1. The van der Waals surface area contributed by atoms with Crippen LogP contribution < -0.4 is 20.3 Å². The molecule has 49 heavy (non-hydrogen) atoms. The molecule has 0 fully saturated rings. The smallest absolute Gasteiger partial charge is 0.325 e. The number of carbonyl (C=O) groups excluding carboxylic acids is 4. The van der Waals surface area contributed by atoms with Crippen molar-refractivity contribution in [1.29, 1.82) is 0 Å². The van der Waals surface area contributed by atoms with Crippen LogP contribution in [-0.2, 0) is 24.0 Å². The number of hydrogen-bond donors (Lipinski definition) is 4. The summed E-state index contributed by atoms with van der Waals surface area (Å²) in [4.78, 5) is 69.5. The molecule has 1 radical (unpaired) electrons. The number of carboxylic acids is 1. The zero-order valence-corrected chi connectivity index (χ0v) is 29.9. The molecule has 0 saturated carbocycles. The molecule has 12 heteroatoms. The predicted molar refractivity (Wildman–Crippen MR) is 194 cm³/mol. The molecule has 2 atom stereocenters. The standard InChI is InChI=1S/C37H44N3O7S2/c1-5-7-19-37(20-8-6-2)35(45)40(26-17-13-10-14-18-26)27-21-30(48-4)28(22-29(27)49-36(37)46)47-23-31(41)39-32(25-15-11-9-12-16-25)33(42)38-24(3)34(43)44/h9-18,21-22,24,32,49H,5-8,19-20,23H2,1-4H3,(H,38,42)(H,39,41)(H,43,44)/t24-,32+/m0/s1. The highest BCUT2D eigenvalue weighted by molar-refractivity contribution is 8.14. The maximum atomic E-state index is 14.7. The maximum Gasteiger partial charge on any atom is 0.325 e. The Balaban J connectivity index is 1.67. The van der Waals surface area contributed by atoms with Crippen molar-refractivity contribution >= 4 is 63.7 Å². The molecule has 3 aromatic carbocycles. The number of nitrogens with one attached hydrogen (secondary N) is 2. The number of unbranched alkanes of at least 4 members (excludes halogenated alkanes) is 2. The van der Waals surface area contributed by atoms with Crippen LogP contribution in [0.25, 0.3) is 0 Å². The fourth-order valence-electron chi connectivity index (χ4n) is 5.70. The zero-order chi connectivity index (χ0) is 35.6. The van der Waals surface area contributed by atoms with Crippen LogP contribution in [0.4, 0.5) is 11.4 Å². The van der Waals surface area contributed by atoms with Crippen molar-refractivity contribution in [3.8, 4) is 5.75 Å². The summed E-state index contributed by atoms with van der Waals surface area (Å²) in [7, 11) is 0. The highest BCUT2D eigenvalue weighted by Crippen LogP contribution is 2.51. The number of amides is 3. The minimum atomic E-state index is -1.21. The Bertz CT molecular complexity index is 1640. The average molecular weight is 707 g/mol. The lowest BCUT2D eigenvalue weighted by Gasteiger charge is -2.34. The van der Waals surface area contributed by atoms with E-state index in [1.165, 1.54) is 18.7 Å². The number of rotatable bonds is 16. The quantitative estimate of drug-likeness (QED) is 0.0739. The van der Waals surface area contributed by atoms with Crippen LogP contribution in [0.3, 0.4) is 0 Å². The first-order valence-corrected chi connectivity index (χ1v) is 18.6. The van der Waals surface area contributed by atoms with Gasteiger partial charge in [0.25, 0.3) is 5.91 Å². The fraction of sp³-hybridized carbons (Fsp3) is 0.378. The number of para-hydroxylation sites is 1. The van der Waals surface area contributed by atoms with Crippen molar-refractivity contribution in [2.75, 3.05) is 17.8 Å². The van der Waals surface area contributed by atoms with E-state index in [1.807, 2.05) is 42.7 Å². The van der Waals surface area contributed by atoms with Gasteiger partial charge in [0.1, 0.15) is 23.2 Å². The van der Waals surface area contributed by atoms with E-state index in [0.29, 0.717) is 57.1 Å². The van der Waals surface area contributed by atoms with E-state index >= 15 is 0 Å². The van der Waals surface area contributed by atoms with Crippen LogP contribution in [0, 0.1) is 5.41 Å². The summed E-state index contributed by atoms with van der Waals surface area (Å²) < 4.78 is 6.04. The number of carboxylic acid groups (broad SMARTS) is 1. The van der Waals surface area contributed by atoms with Gasteiger partial charge in [-0.25, -0.2) is 0 Å². The first-order valence-electron chi connectivity index (χ1n) is 16.4. The van der Waals surface area contributed by atoms with Gasteiger partial charge in [0, 0.05) is 10.6 Å². The van der Waals surface area contributed by atoms with Gasteiger partial charge in [-0.05, 0) is 55.9 Å². The Hall–Kier alpha value is -4.29. The van der Waals surface area contributed by atoms with Crippen molar-refractivity contribution in [3.63, 3.8) is 0 Å². The Morgan fingerprint density at radius 3 is 2.12 bits per heavy atom. The molecule has 1 aliphatic heterocycles. The normalized spacial score (nSPS) is 15.1. The Morgan fingerprint density at radius 1 is 0.939 bits per heavy atom. The number of ether oxygens (including phenoxy) is 1. The van der Waals surface area contributed by atoms with Gasteiger partial charge in [-0.2, -0.15) is 0 Å². The monoisotopic (exact) mass is 706 g/mol. The number of thioether (sulfide) groups is 1. The number of benzene rings is 3. The minimum Gasteiger partial charge on any atom is -0.483 e. The second kappa shape index (κ2) is 17.4. The van der Waals surface area contributed by atoms with Crippen LogP contribution in [0.15, 0.2) is 82.6 Å². The van der Waals surface area contributed by atoms with E-state index in [2.05, 4.69) is 24.5 Å². The van der Waals surface area contributed by atoms with Crippen molar-refractivity contribution in [2.45, 2.75) is 81.2 Å². The predicted octanol–water partition coefficient (Wildman–Crippen LogP) is 6.63. The number of fused-ring (bicyclic) bond motifs is 1. The van der Waals surface area contributed by atoms with Crippen LogP contribution >= 0.6 is 23.5 Å². The molecule has 0 unspecified atom stereocenters. The van der Waals surface area contributed by atoms with Gasteiger partial charge in [0.15, 0.2) is 11.7 Å². The lowest BCUT2D eigenvalue weighted by atomic mass is 9.77. The van der Waals surface area contributed by atoms with Gasteiger partial charge in [-0.1, -0.05) is 88.1 Å². The zero-order valence-electron chi connectivity index (χ0n) is 28.2. The summed E-state index contributed by atoms with van der Waals surface area (Å²) in [6.45, 7) is 4.98. The van der Waals surface area contributed by atoms with E-state index in [0.717, 1.165) is 25.7 Å². The lowest BCUT2D eigenvalue weighted by Crippen LogP contribution is -2.46. The molecule has 3 aromatic rings. The van der Waals surface area contributed by atoms with Gasteiger partial charge in [-0.3, -0.25) is 28.9 Å². The summed E-state index contributed by atoms with van der Waals surface area (Å²) >= 11 is 1.75. The second-order valence-electron chi connectivity index (χ2n) is 11.9. The van der Waals surface area contributed by atoms with E-state index in [9.17, 15) is 29.1 Å². The molecule has 261 valence electrons. The molecule has 1 aliphatic rings. The number of hydrogen-bond acceptors (Lipinski definition) is 7. The summed E-state index contributed by atoms with van der Waals surface area (Å²) in [6.07, 6.45) is 5.98. The van der Waals surface area contributed by atoms with Gasteiger partial charge >= 0.3 is 5.97 Å². The average Bonchev–Trinajstić information content (AvgIpc) is 3.19. The summed E-state index contributed by atoms with van der Waals surface area (Å²) in [5.41, 5.74) is 0.557. The maximum absolute atomic E-state index is 14.7. The molecule has 3 amide bonds. The summed E-state index contributed by atoms with van der Waals surface area (Å²) in [5.74, 6) is -2.36. The molecule has 0 aliphatic carbocycles. The van der Waals surface area contributed by atoms with Crippen LogP contribution in [0.1, 0.15) is 70.9 Å². The molecular weight excluding hydrogens is 663 g/mol. The van der Waals surface area contributed by atoms with E-state index < -0.39 is 41.9 Å². The third-order valence-electron chi connectivity index (χ3n) is 8.46. The minimum absolute atomic E-state index is 0.146. The largest absolute Gasteiger partial charge is 0.483 e. The highest BCUT2D eigenvalue weighted by atomic mass is 32.2. The van der Waals surface area contributed by atoms with E-state index in [-0.39, 0.29) is 11.0 Å². The molecule has 0 aromatic heterocycles. The summed E-state index contributed by atoms with van der Waals surface area (Å²) in [6, 6.07) is 19.1. The van der Waals surface area contributed by atoms with Gasteiger partial charge in [-0.15, -0.1) is 23.5 Å². The first-order chi connectivity index (χ1) is 23.6. The molecule has 10 nitrogen and oxygen atoms in total. The second-order valence-corrected chi connectivity index (χ2v) is 13.9. The van der Waals surface area contributed by atoms with Gasteiger partial charge < -0.3 is 20.5 Å². The third-order valence-corrected chi connectivity index (χ3v) is 10.5. The molecule has 0 spiro atoms. The van der Waals surface area contributed by atoms with E-state index in [4.69, 9.17) is 4.74 Å². The number of carbonyl (C=O) groups is 5. The highest BCUT2D eigenvalue weighted by Gasteiger charge is 2.50. The van der Waals surface area contributed by atoms with Gasteiger partial charge in [0.2, 0.25) is 11.8 Å². The number of nitrogens with zero attached hydrogens (tertiary/aromatic N) is 1. The van der Waals surface area contributed by atoms with E-state index in [1.54, 1.807) is 41.3 Å². The lowest BCUT2D eigenvalue weighted by molar-refractivity contribution is -0.141. The van der Waals surface area contributed by atoms with Crippen molar-refractivity contribution in [3.05, 3.63) is 78.4 Å². The Kier molecular flexibility index (Phi) is 13.3. The Morgan fingerprint density at radius 2 is 1.55 bits per heavy atom. The molecule has 0 bridgehead atoms. The molecule has 0 saturated heterocycles.